The lowest BCUT2D eigenvalue weighted by Gasteiger charge is -2.30. The summed E-state index contributed by atoms with van der Waals surface area (Å²) in [7, 11) is 4.85. The predicted molar refractivity (Wildman–Crippen MR) is 152 cm³/mol. The van der Waals surface area contributed by atoms with Gasteiger partial charge in [0.1, 0.15) is 0 Å². The van der Waals surface area contributed by atoms with Crippen molar-refractivity contribution in [1.29, 1.82) is 0 Å². The quantitative estimate of drug-likeness (QED) is 0.317. The van der Waals surface area contributed by atoms with Gasteiger partial charge in [-0.25, -0.2) is 0 Å². The number of nitrogens with one attached hydrogen (secondary N) is 2. The molecule has 3 aromatic rings. The number of ether oxygens (including phenoxy) is 4. The number of methoxy groups -OCH3 is 3. The molecule has 2 unspecified atom stereocenters. The lowest BCUT2D eigenvalue weighted by atomic mass is 9.78. The number of ketones is 1. The molecule has 38 heavy (non-hydrogen) atoms. The molecule has 198 valence electrons. The summed E-state index contributed by atoms with van der Waals surface area (Å²) in [5, 5.41) is 7.21. The van der Waals surface area contributed by atoms with Crippen LogP contribution in [-0.4, -0.2) is 33.7 Å². The molecule has 7 nitrogen and oxygen atoms in total. The van der Waals surface area contributed by atoms with E-state index in [0.29, 0.717) is 42.4 Å². The van der Waals surface area contributed by atoms with Crippen molar-refractivity contribution in [3.05, 3.63) is 81.5 Å². The lowest BCUT2D eigenvalue weighted by Crippen LogP contribution is -2.27. The molecule has 0 spiro atoms. The molecule has 1 aliphatic heterocycles. The highest BCUT2D eigenvalue weighted by Crippen LogP contribution is 2.47. The summed E-state index contributed by atoms with van der Waals surface area (Å²) in [6, 6.07) is 17.5. The molecule has 2 atom stereocenters. The zero-order valence-electron chi connectivity index (χ0n) is 21.9. The van der Waals surface area contributed by atoms with Gasteiger partial charge in [-0.1, -0.05) is 18.2 Å². The molecule has 2 N–H and O–H groups in total. The van der Waals surface area contributed by atoms with Crippen LogP contribution in [0.4, 0.5) is 11.4 Å². The third-order valence-electron chi connectivity index (χ3n) is 7.06. The third-order valence-corrected chi connectivity index (χ3v) is 7.65. The van der Waals surface area contributed by atoms with Crippen molar-refractivity contribution in [2.24, 2.45) is 0 Å². The zero-order chi connectivity index (χ0) is 26.8. The average molecular weight is 579 g/mol. The Morgan fingerprint density at radius 1 is 0.868 bits per heavy atom. The summed E-state index contributed by atoms with van der Waals surface area (Å²) in [5.74, 6) is 2.66. The van der Waals surface area contributed by atoms with Gasteiger partial charge < -0.3 is 29.6 Å². The molecular formula is C30H31BrN2O5. The molecule has 0 radical (unpaired) electrons. The highest BCUT2D eigenvalue weighted by molar-refractivity contribution is 9.10. The molecule has 0 aromatic heterocycles. The number of carbonyl (C=O) groups is 1. The van der Waals surface area contributed by atoms with Crippen molar-refractivity contribution in [1.82, 2.24) is 0 Å². The summed E-state index contributed by atoms with van der Waals surface area (Å²) in [4.78, 5) is 13.9. The molecular weight excluding hydrogens is 548 g/mol. The lowest BCUT2D eigenvalue weighted by molar-refractivity contribution is -0.116. The highest BCUT2D eigenvalue weighted by atomic mass is 79.9. The SMILES string of the molecule is CCOc1ccc(C2CC(=O)C3=C(C2)Nc2ccccc2NC3c2cc(Br)c(OC)c(OC)c2)cc1OC. The number of carbonyl (C=O) groups excluding carboxylic acids is 1. The van der Waals surface area contributed by atoms with Crippen molar-refractivity contribution in [2.45, 2.75) is 31.7 Å². The van der Waals surface area contributed by atoms with Gasteiger partial charge in [0.05, 0.1) is 49.8 Å². The molecule has 0 saturated heterocycles. The molecule has 2 aliphatic rings. The van der Waals surface area contributed by atoms with Crippen molar-refractivity contribution in [3.8, 4) is 23.0 Å². The fourth-order valence-corrected chi connectivity index (χ4v) is 5.92. The first-order chi connectivity index (χ1) is 18.5. The van der Waals surface area contributed by atoms with Crippen molar-refractivity contribution >= 4 is 33.1 Å². The minimum Gasteiger partial charge on any atom is -0.493 e. The molecule has 0 saturated carbocycles. The molecule has 0 fully saturated rings. The number of allylic oxidation sites excluding steroid dienone is 1. The maximum Gasteiger partial charge on any atom is 0.174 e. The highest BCUT2D eigenvalue weighted by Gasteiger charge is 2.37. The van der Waals surface area contributed by atoms with Gasteiger partial charge in [-0.05, 0) is 82.7 Å². The van der Waals surface area contributed by atoms with E-state index in [1.54, 1.807) is 21.3 Å². The van der Waals surface area contributed by atoms with Gasteiger partial charge >= 0.3 is 0 Å². The normalized spacial score (nSPS) is 18.4. The second-order valence-electron chi connectivity index (χ2n) is 9.25. The van der Waals surface area contributed by atoms with Gasteiger partial charge in [0, 0.05) is 17.7 Å². The largest absolute Gasteiger partial charge is 0.493 e. The third kappa shape index (κ3) is 4.80. The van der Waals surface area contributed by atoms with Crippen molar-refractivity contribution in [2.75, 3.05) is 38.6 Å². The summed E-state index contributed by atoms with van der Waals surface area (Å²) in [5.41, 5.74) is 5.43. The summed E-state index contributed by atoms with van der Waals surface area (Å²) >= 11 is 3.62. The van der Waals surface area contributed by atoms with Gasteiger partial charge in [0.15, 0.2) is 28.8 Å². The van der Waals surface area contributed by atoms with Crippen LogP contribution in [0, 0.1) is 0 Å². The van der Waals surface area contributed by atoms with Crippen LogP contribution in [0.1, 0.15) is 42.9 Å². The summed E-state index contributed by atoms with van der Waals surface area (Å²) in [6.45, 7) is 2.50. The first-order valence-corrected chi connectivity index (χ1v) is 13.4. The Labute approximate surface area is 231 Å². The minimum atomic E-state index is -0.374. The number of hydrogen-bond acceptors (Lipinski definition) is 7. The smallest absolute Gasteiger partial charge is 0.174 e. The van der Waals surface area contributed by atoms with Gasteiger partial charge in [0.25, 0.3) is 0 Å². The Bertz CT molecular complexity index is 1400. The molecule has 0 amide bonds. The van der Waals surface area contributed by atoms with Crippen molar-refractivity contribution in [3.63, 3.8) is 0 Å². The van der Waals surface area contributed by atoms with E-state index in [9.17, 15) is 4.79 Å². The Kier molecular flexibility index (Phi) is 7.51. The van der Waals surface area contributed by atoms with Gasteiger partial charge in [-0.2, -0.15) is 0 Å². The standard InChI is InChI=1S/C30H31BrN2O5/c1-5-38-25-11-10-17(15-26(25)35-2)18-13-23-28(24(34)14-18)29(33-22-9-7-6-8-21(22)32-23)19-12-20(31)30(37-4)27(16-19)36-3/h6-12,15-16,18,29,32-33H,5,13-14H2,1-4H3. The Morgan fingerprint density at radius 2 is 1.61 bits per heavy atom. The van der Waals surface area contributed by atoms with E-state index in [1.165, 1.54) is 0 Å². The van der Waals surface area contributed by atoms with E-state index in [0.717, 1.165) is 38.2 Å². The summed E-state index contributed by atoms with van der Waals surface area (Å²) < 4.78 is 23.2. The fourth-order valence-electron chi connectivity index (χ4n) is 5.30. The first kappa shape index (κ1) is 26.0. The number of rotatable bonds is 7. The number of fused-ring (bicyclic) bond motifs is 1. The first-order valence-electron chi connectivity index (χ1n) is 12.6. The molecule has 8 heteroatoms. The van der Waals surface area contributed by atoms with E-state index < -0.39 is 0 Å². The number of hydrogen-bond donors (Lipinski definition) is 2. The average Bonchev–Trinajstić information content (AvgIpc) is 3.10. The van der Waals surface area contributed by atoms with Crippen LogP contribution >= 0.6 is 15.9 Å². The molecule has 1 aliphatic carbocycles. The van der Waals surface area contributed by atoms with Gasteiger partial charge in [0.2, 0.25) is 0 Å². The van der Waals surface area contributed by atoms with E-state index >= 15 is 0 Å². The van der Waals surface area contributed by atoms with E-state index in [-0.39, 0.29) is 17.7 Å². The van der Waals surface area contributed by atoms with Crippen LogP contribution in [0.2, 0.25) is 0 Å². The van der Waals surface area contributed by atoms with Crippen LogP contribution in [0.5, 0.6) is 23.0 Å². The van der Waals surface area contributed by atoms with Crippen LogP contribution in [0.3, 0.4) is 0 Å². The molecule has 3 aromatic carbocycles. The van der Waals surface area contributed by atoms with Crippen LogP contribution in [-0.2, 0) is 4.79 Å². The number of anilines is 2. The van der Waals surface area contributed by atoms with Crippen LogP contribution in [0.25, 0.3) is 0 Å². The van der Waals surface area contributed by atoms with E-state index in [2.05, 4.69) is 26.6 Å². The number of para-hydroxylation sites is 2. The molecule has 0 bridgehead atoms. The monoisotopic (exact) mass is 578 g/mol. The van der Waals surface area contributed by atoms with Crippen LogP contribution < -0.4 is 29.6 Å². The fraction of sp³-hybridized carbons (Fsp3) is 0.300. The second-order valence-corrected chi connectivity index (χ2v) is 10.1. The summed E-state index contributed by atoms with van der Waals surface area (Å²) in [6.07, 6.45) is 1.07. The van der Waals surface area contributed by atoms with Gasteiger partial charge in [-0.15, -0.1) is 0 Å². The second kappa shape index (κ2) is 11.0. The van der Waals surface area contributed by atoms with Gasteiger partial charge in [-0.3, -0.25) is 4.79 Å². The molecule has 5 rings (SSSR count). The number of benzene rings is 3. The Balaban J connectivity index is 1.59. The van der Waals surface area contributed by atoms with E-state index in [4.69, 9.17) is 18.9 Å². The topological polar surface area (TPSA) is 78.1 Å². The number of Topliss-reactive ketones (excluding diaryl/α,β-unsaturated/α-hetero) is 1. The number of halogens is 1. The minimum absolute atomic E-state index is 0.00128. The maximum absolute atomic E-state index is 13.9. The van der Waals surface area contributed by atoms with E-state index in [1.807, 2.05) is 61.5 Å². The van der Waals surface area contributed by atoms with Crippen molar-refractivity contribution < 1.29 is 23.7 Å². The van der Waals surface area contributed by atoms with Crippen LogP contribution in [0.15, 0.2) is 70.3 Å². The Morgan fingerprint density at radius 3 is 2.32 bits per heavy atom. The zero-order valence-corrected chi connectivity index (χ0v) is 23.5. The molecule has 1 heterocycles. The maximum atomic E-state index is 13.9. The predicted octanol–water partition coefficient (Wildman–Crippen LogP) is 6.85. The Hall–Kier alpha value is -3.65.